The van der Waals surface area contributed by atoms with Crippen molar-refractivity contribution in [2.45, 2.75) is 19.8 Å². The maximum Gasteiger partial charge on any atom is 0.374 e. The van der Waals surface area contributed by atoms with Crippen LogP contribution >= 0.6 is 7.60 Å². The molecule has 0 aromatic carbocycles. The number of halogens is 1. The fourth-order valence-corrected chi connectivity index (χ4v) is 2.05. The van der Waals surface area contributed by atoms with Gasteiger partial charge in [-0.1, -0.05) is 0 Å². The molecule has 0 bridgehead atoms. The fourth-order valence-electron chi connectivity index (χ4n) is 0.684. The van der Waals surface area contributed by atoms with E-state index >= 15 is 0 Å². The van der Waals surface area contributed by atoms with Gasteiger partial charge in [0.05, 0.1) is 13.2 Å². The molecule has 13 heavy (non-hydrogen) atoms. The summed E-state index contributed by atoms with van der Waals surface area (Å²) in [7, 11) is -4.01. The van der Waals surface area contributed by atoms with Gasteiger partial charge in [0, 0.05) is 0 Å². The van der Waals surface area contributed by atoms with Crippen molar-refractivity contribution in [2.24, 2.45) is 5.73 Å². The minimum absolute atomic E-state index is 0.00895. The normalized spacial score (nSPS) is 14.1. The number of nitrogens with two attached hydrogens (primary N) is 1. The van der Waals surface area contributed by atoms with Crippen molar-refractivity contribution in [3.8, 4) is 0 Å². The van der Waals surface area contributed by atoms with Crippen molar-refractivity contribution < 1.29 is 22.8 Å². The maximum absolute atomic E-state index is 13.0. The first-order chi connectivity index (χ1) is 5.98. The van der Waals surface area contributed by atoms with Crippen LogP contribution in [0.3, 0.4) is 0 Å². The Hall–Kier alpha value is -0.450. The summed E-state index contributed by atoms with van der Waals surface area (Å²) < 4.78 is 33.5. The Morgan fingerprint density at radius 1 is 1.46 bits per heavy atom. The number of alkyl halides is 1. The predicted octanol–water partition coefficient (Wildman–Crippen LogP) is 1.03. The molecule has 0 aliphatic carbocycles. The van der Waals surface area contributed by atoms with Crippen LogP contribution in [0.5, 0.6) is 0 Å². The van der Waals surface area contributed by atoms with E-state index in [1.165, 1.54) is 13.8 Å². The summed E-state index contributed by atoms with van der Waals surface area (Å²) >= 11 is 0. The van der Waals surface area contributed by atoms with Crippen LogP contribution in [0.15, 0.2) is 0 Å². The van der Waals surface area contributed by atoms with E-state index in [2.05, 4.69) is 14.8 Å². The van der Waals surface area contributed by atoms with Crippen molar-refractivity contribution in [3.63, 3.8) is 0 Å². The molecule has 7 heteroatoms. The molecule has 2 N–H and O–H groups in total. The highest BCUT2D eigenvalue weighted by molar-refractivity contribution is 7.55. The highest BCUT2D eigenvalue weighted by Crippen LogP contribution is 2.53. The van der Waals surface area contributed by atoms with E-state index in [-0.39, 0.29) is 13.2 Å². The second-order valence-electron chi connectivity index (χ2n) is 2.11. The molecule has 1 amide bonds. The molecular formula is C6H13FNO4P. The second kappa shape index (κ2) is 5.32. The second-order valence-corrected chi connectivity index (χ2v) is 4.16. The van der Waals surface area contributed by atoms with Gasteiger partial charge in [0.1, 0.15) is 0 Å². The van der Waals surface area contributed by atoms with Gasteiger partial charge >= 0.3 is 7.60 Å². The summed E-state index contributed by atoms with van der Waals surface area (Å²) in [5.41, 5.74) is 4.64. The van der Waals surface area contributed by atoms with Crippen molar-refractivity contribution in [3.05, 3.63) is 0 Å². The van der Waals surface area contributed by atoms with E-state index in [1.807, 2.05) is 0 Å². The van der Waals surface area contributed by atoms with Gasteiger partial charge in [-0.3, -0.25) is 9.36 Å². The third-order valence-corrected chi connectivity index (χ3v) is 3.18. The van der Waals surface area contributed by atoms with Crippen molar-refractivity contribution in [1.29, 1.82) is 0 Å². The van der Waals surface area contributed by atoms with Gasteiger partial charge in [0.25, 0.3) is 11.8 Å². The highest BCUT2D eigenvalue weighted by Gasteiger charge is 2.40. The van der Waals surface area contributed by atoms with Gasteiger partial charge < -0.3 is 14.8 Å². The molecule has 1 unspecified atom stereocenters. The smallest absolute Gasteiger partial charge is 0.367 e. The fraction of sp³-hybridized carbons (Fsp3) is 0.833. The first kappa shape index (κ1) is 12.6. The minimum atomic E-state index is -4.01. The number of hydrogen-bond acceptors (Lipinski definition) is 4. The van der Waals surface area contributed by atoms with Crippen molar-refractivity contribution in [2.75, 3.05) is 13.2 Å². The van der Waals surface area contributed by atoms with E-state index in [9.17, 15) is 13.8 Å². The van der Waals surface area contributed by atoms with Crippen molar-refractivity contribution >= 4 is 13.5 Å². The molecule has 0 spiro atoms. The van der Waals surface area contributed by atoms with Gasteiger partial charge in [0.2, 0.25) is 0 Å². The van der Waals surface area contributed by atoms with E-state index < -0.39 is 19.4 Å². The van der Waals surface area contributed by atoms with Crippen LogP contribution in [0.4, 0.5) is 4.39 Å². The first-order valence-corrected chi connectivity index (χ1v) is 5.41. The lowest BCUT2D eigenvalue weighted by atomic mass is 10.7. The summed E-state index contributed by atoms with van der Waals surface area (Å²) in [5.74, 6) is -3.74. The molecule has 0 aliphatic heterocycles. The molecule has 0 saturated heterocycles. The van der Waals surface area contributed by atoms with Crippen LogP contribution in [0.25, 0.3) is 0 Å². The molecule has 0 aliphatic rings. The monoisotopic (exact) mass is 213 g/mol. The SMILES string of the molecule is CCOP(=O)(OCC)C(F)C(N)=O. The zero-order valence-electron chi connectivity index (χ0n) is 7.53. The molecule has 1 atom stereocenters. The first-order valence-electron chi connectivity index (χ1n) is 3.80. The van der Waals surface area contributed by atoms with Crippen LogP contribution in [0.2, 0.25) is 0 Å². The van der Waals surface area contributed by atoms with E-state index in [0.717, 1.165) is 0 Å². The Kier molecular flexibility index (Phi) is 5.13. The zero-order chi connectivity index (χ0) is 10.5. The standard InChI is InChI=1S/C6H13FNO4P/c1-3-11-13(10,12-4-2)5(7)6(8)9/h5H,3-4H2,1-2H3,(H2,8,9). The molecule has 0 aromatic heterocycles. The molecule has 0 heterocycles. The Bertz CT molecular complexity index is 213. The number of amides is 1. The largest absolute Gasteiger partial charge is 0.374 e. The quantitative estimate of drug-likeness (QED) is 0.668. The average molecular weight is 213 g/mol. The van der Waals surface area contributed by atoms with E-state index in [1.54, 1.807) is 0 Å². The van der Waals surface area contributed by atoms with Gasteiger partial charge in [0.15, 0.2) is 0 Å². The lowest BCUT2D eigenvalue weighted by Crippen LogP contribution is -2.26. The predicted molar refractivity (Wildman–Crippen MR) is 44.9 cm³/mol. The van der Waals surface area contributed by atoms with Crippen LogP contribution in [0, 0.1) is 0 Å². The summed E-state index contributed by atoms with van der Waals surface area (Å²) in [6, 6.07) is 0. The molecule has 0 aromatic rings. The highest BCUT2D eigenvalue weighted by atomic mass is 31.2. The Morgan fingerprint density at radius 2 is 1.85 bits per heavy atom. The Labute approximate surface area is 75.9 Å². The molecule has 5 nitrogen and oxygen atoms in total. The molecule has 78 valence electrons. The molecule has 0 saturated carbocycles. The van der Waals surface area contributed by atoms with Crippen molar-refractivity contribution in [1.82, 2.24) is 0 Å². The third kappa shape index (κ3) is 3.42. The van der Waals surface area contributed by atoms with Crippen LogP contribution in [-0.2, 0) is 18.4 Å². The van der Waals surface area contributed by atoms with Gasteiger partial charge in [-0.15, -0.1) is 0 Å². The van der Waals surface area contributed by atoms with Crippen LogP contribution in [-0.4, -0.2) is 25.0 Å². The third-order valence-electron chi connectivity index (χ3n) is 1.13. The molecule has 0 radical (unpaired) electrons. The summed E-state index contributed by atoms with van der Waals surface area (Å²) in [4.78, 5) is 10.4. The number of hydrogen-bond donors (Lipinski definition) is 1. The van der Waals surface area contributed by atoms with E-state index in [4.69, 9.17) is 0 Å². The van der Waals surface area contributed by atoms with E-state index in [0.29, 0.717) is 0 Å². The minimum Gasteiger partial charge on any atom is -0.367 e. The van der Waals surface area contributed by atoms with Gasteiger partial charge in [-0.25, -0.2) is 4.39 Å². The van der Waals surface area contributed by atoms with Gasteiger partial charge in [-0.2, -0.15) is 0 Å². The summed E-state index contributed by atoms with van der Waals surface area (Å²) in [6.07, 6.45) is 0. The molecule has 0 rings (SSSR count). The number of rotatable bonds is 6. The lowest BCUT2D eigenvalue weighted by molar-refractivity contribution is -0.120. The number of carbonyl (C=O) groups is 1. The topological polar surface area (TPSA) is 78.6 Å². The molecular weight excluding hydrogens is 200 g/mol. The maximum atomic E-state index is 13.0. The van der Waals surface area contributed by atoms with Gasteiger partial charge in [-0.05, 0) is 13.8 Å². The molecule has 0 fully saturated rings. The zero-order valence-corrected chi connectivity index (χ0v) is 8.42. The number of primary amides is 1. The number of carbonyl (C=O) groups excluding carboxylic acids is 1. The Balaban J connectivity index is 4.57. The van der Waals surface area contributed by atoms with Crippen LogP contribution in [0.1, 0.15) is 13.8 Å². The Morgan fingerprint density at radius 3 is 2.08 bits per heavy atom. The van der Waals surface area contributed by atoms with Crippen LogP contribution < -0.4 is 5.73 Å². The summed E-state index contributed by atoms with van der Waals surface area (Å²) in [6.45, 7) is 3.01. The summed E-state index contributed by atoms with van der Waals surface area (Å²) in [5, 5.41) is 0. The lowest BCUT2D eigenvalue weighted by Gasteiger charge is -2.17. The average Bonchev–Trinajstić information content (AvgIpc) is 2.03.